The molecule has 0 aliphatic heterocycles. The van der Waals surface area contributed by atoms with Crippen molar-refractivity contribution in [3.05, 3.63) is 89.7 Å². The van der Waals surface area contributed by atoms with Gasteiger partial charge in [0.25, 0.3) is 5.91 Å². The van der Waals surface area contributed by atoms with Gasteiger partial charge < -0.3 is 10.1 Å². The summed E-state index contributed by atoms with van der Waals surface area (Å²) in [5.41, 5.74) is 5.66. The number of nitrogens with zero attached hydrogens (tertiary/aromatic N) is 1. The second-order valence-corrected chi connectivity index (χ2v) is 5.79. The fraction of sp³-hybridized carbons (Fsp3) is 0.143. The van der Waals surface area contributed by atoms with Crippen molar-refractivity contribution in [2.45, 2.75) is 13.2 Å². The van der Waals surface area contributed by atoms with Crippen LogP contribution >= 0.6 is 0 Å². The van der Waals surface area contributed by atoms with Crippen molar-refractivity contribution in [2.24, 2.45) is 0 Å². The van der Waals surface area contributed by atoms with Gasteiger partial charge in [-0.3, -0.25) is 14.6 Å². The lowest BCUT2D eigenvalue weighted by Gasteiger charge is -2.13. The highest BCUT2D eigenvalue weighted by Gasteiger charge is 2.11. The summed E-state index contributed by atoms with van der Waals surface area (Å²) in [6.45, 7) is 0.803. The van der Waals surface area contributed by atoms with Crippen molar-refractivity contribution < 1.29 is 14.4 Å². The van der Waals surface area contributed by atoms with Gasteiger partial charge in [-0.1, -0.05) is 30.3 Å². The van der Waals surface area contributed by atoms with Gasteiger partial charge in [0.05, 0.1) is 12.7 Å². The molecule has 0 unspecified atom stereocenters. The Morgan fingerprint density at radius 3 is 2.56 bits per heavy atom. The molecule has 0 aliphatic rings. The Morgan fingerprint density at radius 2 is 1.74 bits per heavy atom. The second-order valence-electron chi connectivity index (χ2n) is 5.79. The molecule has 138 valence electrons. The van der Waals surface area contributed by atoms with Crippen LogP contribution in [0.2, 0.25) is 0 Å². The van der Waals surface area contributed by atoms with Crippen LogP contribution in [0.5, 0.6) is 5.75 Å². The molecule has 1 amide bonds. The Morgan fingerprint density at radius 1 is 1.00 bits per heavy atom. The average molecular weight is 363 g/mol. The number of carbonyl (C=O) groups is 1. The molecule has 2 N–H and O–H groups in total. The first-order valence-corrected chi connectivity index (χ1v) is 8.54. The summed E-state index contributed by atoms with van der Waals surface area (Å²) in [4.78, 5) is 21.9. The molecular weight excluding hydrogens is 342 g/mol. The maximum atomic E-state index is 12.5. The number of methoxy groups -OCH3 is 1. The van der Waals surface area contributed by atoms with Gasteiger partial charge in [-0.05, 0) is 35.9 Å². The minimum Gasteiger partial charge on any atom is -0.496 e. The number of para-hydroxylation sites is 2. The highest BCUT2D eigenvalue weighted by molar-refractivity contribution is 5.98. The number of hydroxylamine groups is 1. The van der Waals surface area contributed by atoms with Crippen LogP contribution in [0.4, 0.5) is 5.69 Å². The molecule has 0 saturated carbocycles. The van der Waals surface area contributed by atoms with Gasteiger partial charge in [0, 0.05) is 30.2 Å². The van der Waals surface area contributed by atoms with E-state index in [1.54, 1.807) is 25.6 Å². The summed E-state index contributed by atoms with van der Waals surface area (Å²) in [5, 5.41) is 3.27. The molecule has 0 atom stereocenters. The van der Waals surface area contributed by atoms with E-state index in [0.717, 1.165) is 16.8 Å². The van der Waals surface area contributed by atoms with Crippen molar-refractivity contribution in [1.82, 2.24) is 10.5 Å². The lowest BCUT2D eigenvalue weighted by atomic mass is 10.1. The molecule has 0 bridgehead atoms. The van der Waals surface area contributed by atoms with Gasteiger partial charge >= 0.3 is 0 Å². The van der Waals surface area contributed by atoms with Crippen LogP contribution in [0, 0.1) is 0 Å². The zero-order valence-electron chi connectivity index (χ0n) is 15.0. The van der Waals surface area contributed by atoms with Crippen LogP contribution in [-0.2, 0) is 18.0 Å². The lowest BCUT2D eigenvalue weighted by molar-refractivity contribution is 0.0228. The molecule has 0 spiro atoms. The van der Waals surface area contributed by atoms with E-state index in [2.05, 4.69) is 15.8 Å². The maximum absolute atomic E-state index is 12.5. The van der Waals surface area contributed by atoms with Crippen LogP contribution in [0.1, 0.15) is 21.5 Å². The summed E-state index contributed by atoms with van der Waals surface area (Å²) in [5.74, 6) is 0.397. The van der Waals surface area contributed by atoms with Gasteiger partial charge in [-0.2, -0.15) is 0 Å². The Labute approximate surface area is 158 Å². The van der Waals surface area contributed by atoms with Crippen molar-refractivity contribution in [1.29, 1.82) is 0 Å². The Balaban J connectivity index is 1.59. The molecule has 6 nitrogen and oxygen atoms in total. The van der Waals surface area contributed by atoms with Crippen LogP contribution < -0.4 is 15.5 Å². The first-order chi connectivity index (χ1) is 13.3. The molecule has 0 radical (unpaired) electrons. The van der Waals surface area contributed by atoms with Gasteiger partial charge in [0.2, 0.25) is 0 Å². The molecule has 0 fully saturated rings. The third kappa shape index (κ3) is 5.05. The smallest absolute Gasteiger partial charge is 0.276 e. The fourth-order valence-electron chi connectivity index (χ4n) is 2.59. The zero-order valence-corrected chi connectivity index (χ0v) is 15.0. The molecule has 3 aromatic rings. The van der Waals surface area contributed by atoms with Gasteiger partial charge in [-0.25, -0.2) is 5.48 Å². The lowest BCUT2D eigenvalue weighted by Crippen LogP contribution is -2.24. The van der Waals surface area contributed by atoms with Crippen molar-refractivity contribution in [3.8, 4) is 5.75 Å². The number of hydrogen-bond acceptors (Lipinski definition) is 5. The molecule has 0 aliphatic carbocycles. The molecule has 1 heterocycles. The molecule has 1 aromatic heterocycles. The zero-order chi connectivity index (χ0) is 18.9. The van der Waals surface area contributed by atoms with Crippen molar-refractivity contribution in [2.75, 3.05) is 12.4 Å². The Bertz CT molecular complexity index is 885. The number of pyridine rings is 1. The molecule has 0 saturated heterocycles. The number of amides is 1. The third-order valence-corrected chi connectivity index (χ3v) is 3.99. The van der Waals surface area contributed by atoms with E-state index in [9.17, 15) is 4.79 Å². The monoisotopic (exact) mass is 363 g/mol. The van der Waals surface area contributed by atoms with Gasteiger partial charge in [-0.15, -0.1) is 0 Å². The van der Waals surface area contributed by atoms with Crippen molar-refractivity contribution >= 4 is 11.6 Å². The second kappa shape index (κ2) is 9.35. The molecule has 27 heavy (non-hydrogen) atoms. The summed E-state index contributed by atoms with van der Waals surface area (Å²) in [7, 11) is 1.60. The van der Waals surface area contributed by atoms with Crippen LogP contribution in [0.3, 0.4) is 0 Å². The Kier molecular flexibility index (Phi) is 6.38. The number of nitrogens with one attached hydrogen (secondary N) is 2. The van der Waals surface area contributed by atoms with Crippen molar-refractivity contribution in [3.63, 3.8) is 0 Å². The largest absolute Gasteiger partial charge is 0.496 e. The van der Waals surface area contributed by atoms with Crippen LogP contribution in [-0.4, -0.2) is 18.0 Å². The fourth-order valence-corrected chi connectivity index (χ4v) is 2.59. The van der Waals surface area contributed by atoms with Gasteiger partial charge in [0.1, 0.15) is 12.4 Å². The predicted molar refractivity (Wildman–Crippen MR) is 103 cm³/mol. The molecular formula is C21H21N3O3. The number of aromatic nitrogens is 1. The Hall–Kier alpha value is -3.38. The van der Waals surface area contributed by atoms with E-state index in [0.29, 0.717) is 17.9 Å². The third-order valence-electron chi connectivity index (χ3n) is 3.99. The summed E-state index contributed by atoms with van der Waals surface area (Å²) >= 11 is 0. The summed E-state index contributed by atoms with van der Waals surface area (Å²) in [6.07, 6.45) is 3.47. The summed E-state index contributed by atoms with van der Waals surface area (Å²) < 4.78 is 5.27. The van der Waals surface area contributed by atoms with E-state index < -0.39 is 0 Å². The normalized spacial score (nSPS) is 10.3. The van der Waals surface area contributed by atoms with E-state index in [1.807, 2.05) is 54.6 Å². The maximum Gasteiger partial charge on any atom is 0.276 e. The van der Waals surface area contributed by atoms with E-state index in [1.165, 1.54) is 0 Å². The first-order valence-electron chi connectivity index (χ1n) is 8.54. The van der Waals surface area contributed by atoms with Gasteiger partial charge in [0.15, 0.2) is 0 Å². The molecule has 6 heteroatoms. The van der Waals surface area contributed by atoms with E-state index >= 15 is 0 Å². The quantitative estimate of drug-likeness (QED) is 0.599. The standard InChI is InChI=1S/C21H21N3O3/c1-26-20-9-5-2-6-17(20)15-27-24-21(25)18-7-3-4-8-19(18)23-14-16-10-12-22-13-11-16/h2-13,23H,14-15H2,1H3,(H,24,25). The number of hydrogen-bond donors (Lipinski definition) is 2. The highest BCUT2D eigenvalue weighted by Crippen LogP contribution is 2.19. The number of benzene rings is 2. The average Bonchev–Trinajstić information content (AvgIpc) is 2.73. The highest BCUT2D eigenvalue weighted by atomic mass is 16.7. The van der Waals surface area contributed by atoms with E-state index in [4.69, 9.17) is 9.57 Å². The topological polar surface area (TPSA) is 72.5 Å². The van der Waals surface area contributed by atoms with Crippen LogP contribution in [0.25, 0.3) is 0 Å². The summed E-state index contributed by atoms with van der Waals surface area (Å²) in [6, 6.07) is 18.6. The minimum absolute atomic E-state index is 0.211. The molecule has 2 aromatic carbocycles. The first kappa shape index (κ1) is 18.4. The minimum atomic E-state index is -0.317. The predicted octanol–water partition coefficient (Wildman–Crippen LogP) is 3.56. The number of anilines is 1. The number of carbonyl (C=O) groups excluding carboxylic acids is 1. The van der Waals surface area contributed by atoms with E-state index in [-0.39, 0.29) is 12.5 Å². The number of rotatable bonds is 8. The molecule has 3 rings (SSSR count). The van der Waals surface area contributed by atoms with Crippen LogP contribution in [0.15, 0.2) is 73.1 Å². The number of ether oxygens (including phenoxy) is 1. The SMILES string of the molecule is COc1ccccc1CONC(=O)c1ccccc1NCc1ccncc1.